The van der Waals surface area contributed by atoms with Gasteiger partial charge in [-0.15, -0.1) is 0 Å². The monoisotopic (exact) mass is 266 g/mol. The number of imidazole rings is 1. The number of hydrogen-bond donors (Lipinski definition) is 1. The molecule has 0 bridgehead atoms. The van der Waals surface area contributed by atoms with Crippen molar-refractivity contribution < 1.29 is 9.53 Å². The Kier molecular flexibility index (Phi) is 4.42. The van der Waals surface area contributed by atoms with Crippen LogP contribution in [0.25, 0.3) is 0 Å². The summed E-state index contributed by atoms with van der Waals surface area (Å²) < 4.78 is 6.84. The first-order valence-corrected chi connectivity index (χ1v) is 6.85. The van der Waals surface area contributed by atoms with E-state index in [1.165, 1.54) is 12.8 Å². The molecule has 0 radical (unpaired) electrons. The largest absolute Gasteiger partial charge is 0.461 e. The van der Waals surface area contributed by atoms with Gasteiger partial charge in [0.05, 0.1) is 6.61 Å². The number of anilines is 1. The maximum absolute atomic E-state index is 11.7. The van der Waals surface area contributed by atoms with Crippen molar-refractivity contribution in [3.05, 3.63) is 11.5 Å². The number of aryl methyl sites for hydroxylation is 1. The van der Waals surface area contributed by atoms with Crippen LogP contribution in [-0.4, -0.2) is 46.7 Å². The maximum Gasteiger partial charge on any atom is 0.360 e. The maximum atomic E-state index is 11.7. The van der Waals surface area contributed by atoms with E-state index in [-0.39, 0.29) is 5.69 Å². The summed E-state index contributed by atoms with van der Waals surface area (Å²) >= 11 is 0. The molecular weight excluding hydrogens is 244 g/mol. The molecule has 0 saturated carbocycles. The molecule has 1 aliphatic rings. The second-order valence-corrected chi connectivity index (χ2v) is 4.81. The van der Waals surface area contributed by atoms with E-state index >= 15 is 0 Å². The normalized spacial score (nSPS) is 15.9. The fourth-order valence-corrected chi connectivity index (χ4v) is 2.46. The standard InChI is InChI=1S/C13H22N4O2/c1-3-19-13(18)11-12(14)17(10(2)15-11)9-8-16-6-4-5-7-16/h3-9,14H2,1-2H3. The van der Waals surface area contributed by atoms with Gasteiger partial charge in [-0.25, -0.2) is 9.78 Å². The van der Waals surface area contributed by atoms with E-state index < -0.39 is 5.97 Å². The van der Waals surface area contributed by atoms with E-state index in [4.69, 9.17) is 10.5 Å². The van der Waals surface area contributed by atoms with E-state index in [9.17, 15) is 4.79 Å². The molecule has 6 heteroatoms. The van der Waals surface area contributed by atoms with Gasteiger partial charge in [0.15, 0.2) is 5.69 Å². The molecule has 0 atom stereocenters. The molecule has 2 N–H and O–H groups in total. The Morgan fingerprint density at radius 2 is 2.05 bits per heavy atom. The average molecular weight is 266 g/mol. The van der Waals surface area contributed by atoms with Crippen molar-refractivity contribution in [2.45, 2.75) is 33.2 Å². The van der Waals surface area contributed by atoms with Crippen LogP contribution in [0.3, 0.4) is 0 Å². The Morgan fingerprint density at radius 3 is 2.68 bits per heavy atom. The highest BCUT2D eigenvalue weighted by Crippen LogP contribution is 2.16. The smallest absolute Gasteiger partial charge is 0.360 e. The van der Waals surface area contributed by atoms with Crippen LogP contribution in [0.4, 0.5) is 5.82 Å². The van der Waals surface area contributed by atoms with Gasteiger partial charge in [-0.1, -0.05) is 0 Å². The molecule has 106 valence electrons. The highest BCUT2D eigenvalue weighted by molar-refractivity contribution is 5.92. The Hall–Kier alpha value is -1.56. The van der Waals surface area contributed by atoms with Gasteiger partial charge in [0, 0.05) is 13.1 Å². The number of nitrogens with zero attached hydrogens (tertiary/aromatic N) is 3. The fraction of sp³-hybridized carbons (Fsp3) is 0.692. The molecule has 0 aromatic carbocycles. The lowest BCUT2D eigenvalue weighted by Crippen LogP contribution is -2.25. The number of rotatable bonds is 5. The van der Waals surface area contributed by atoms with E-state index in [1.807, 2.05) is 11.5 Å². The zero-order valence-electron chi connectivity index (χ0n) is 11.7. The van der Waals surface area contributed by atoms with E-state index in [1.54, 1.807) is 6.92 Å². The first kappa shape index (κ1) is 13.9. The third-order valence-corrected chi connectivity index (χ3v) is 3.50. The van der Waals surface area contributed by atoms with Crippen LogP contribution < -0.4 is 5.73 Å². The number of nitrogen functional groups attached to an aromatic ring is 1. The van der Waals surface area contributed by atoms with Gasteiger partial charge in [0.2, 0.25) is 0 Å². The number of ether oxygens (including phenoxy) is 1. The summed E-state index contributed by atoms with van der Waals surface area (Å²) in [4.78, 5) is 18.3. The van der Waals surface area contributed by atoms with Gasteiger partial charge < -0.3 is 19.9 Å². The minimum absolute atomic E-state index is 0.237. The second kappa shape index (κ2) is 6.06. The number of likely N-dealkylation sites (tertiary alicyclic amines) is 1. The molecule has 0 unspecified atom stereocenters. The van der Waals surface area contributed by atoms with Gasteiger partial charge in [-0.05, 0) is 39.8 Å². The van der Waals surface area contributed by atoms with Crippen LogP contribution in [-0.2, 0) is 11.3 Å². The summed E-state index contributed by atoms with van der Waals surface area (Å²) in [6.07, 6.45) is 2.54. The van der Waals surface area contributed by atoms with Crippen LogP contribution in [0.1, 0.15) is 36.1 Å². The zero-order chi connectivity index (χ0) is 13.8. The number of hydrogen-bond acceptors (Lipinski definition) is 5. The van der Waals surface area contributed by atoms with E-state index in [0.29, 0.717) is 12.4 Å². The molecule has 0 spiro atoms. The number of carbonyl (C=O) groups is 1. The quantitative estimate of drug-likeness (QED) is 0.806. The molecule has 1 fully saturated rings. The zero-order valence-corrected chi connectivity index (χ0v) is 11.7. The van der Waals surface area contributed by atoms with Crippen molar-refractivity contribution in [3.63, 3.8) is 0 Å². The van der Waals surface area contributed by atoms with Gasteiger partial charge in [-0.3, -0.25) is 0 Å². The van der Waals surface area contributed by atoms with Crippen molar-refractivity contribution in [3.8, 4) is 0 Å². The lowest BCUT2D eigenvalue weighted by atomic mass is 10.4. The molecule has 2 heterocycles. The van der Waals surface area contributed by atoms with Crippen molar-refractivity contribution in [1.29, 1.82) is 0 Å². The Bertz CT molecular complexity index is 450. The first-order chi connectivity index (χ1) is 9.13. The lowest BCUT2D eigenvalue weighted by molar-refractivity contribution is 0.0521. The highest BCUT2D eigenvalue weighted by atomic mass is 16.5. The second-order valence-electron chi connectivity index (χ2n) is 4.81. The summed E-state index contributed by atoms with van der Waals surface area (Å²) in [6.45, 7) is 7.98. The van der Waals surface area contributed by atoms with Crippen LogP contribution in [0.2, 0.25) is 0 Å². The molecule has 0 aliphatic carbocycles. The number of nitrogens with two attached hydrogens (primary N) is 1. The Morgan fingerprint density at radius 1 is 1.37 bits per heavy atom. The summed E-state index contributed by atoms with van der Waals surface area (Å²) in [6, 6.07) is 0. The predicted octanol–water partition coefficient (Wildman–Crippen LogP) is 1.05. The molecule has 1 aliphatic heterocycles. The fourth-order valence-electron chi connectivity index (χ4n) is 2.46. The lowest BCUT2D eigenvalue weighted by Gasteiger charge is -2.16. The highest BCUT2D eigenvalue weighted by Gasteiger charge is 2.20. The van der Waals surface area contributed by atoms with E-state index in [0.717, 1.165) is 32.0 Å². The average Bonchev–Trinajstić information content (AvgIpc) is 2.97. The number of carbonyl (C=O) groups excluding carboxylic acids is 1. The third-order valence-electron chi connectivity index (χ3n) is 3.50. The Balaban J connectivity index is 2.05. The SMILES string of the molecule is CCOC(=O)c1nc(C)n(CCN2CCCC2)c1N. The summed E-state index contributed by atoms with van der Waals surface area (Å²) in [7, 11) is 0. The molecule has 0 amide bonds. The summed E-state index contributed by atoms with van der Waals surface area (Å²) in [5.41, 5.74) is 6.24. The first-order valence-electron chi connectivity index (χ1n) is 6.85. The molecule has 6 nitrogen and oxygen atoms in total. The topological polar surface area (TPSA) is 73.4 Å². The van der Waals surface area contributed by atoms with Crippen LogP contribution in [0.5, 0.6) is 0 Å². The number of aromatic nitrogens is 2. The molecule has 1 aromatic heterocycles. The molecule has 1 aromatic rings. The van der Waals surface area contributed by atoms with Crippen molar-refractivity contribution in [2.75, 3.05) is 32.0 Å². The molecule has 2 rings (SSSR count). The molecule has 19 heavy (non-hydrogen) atoms. The van der Waals surface area contributed by atoms with Crippen LogP contribution in [0.15, 0.2) is 0 Å². The summed E-state index contributed by atoms with van der Waals surface area (Å²) in [5, 5.41) is 0. The van der Waals surface area contributed by atoms with Crippen LogP contribution >= 0.6 is 0 Å². The minimum Gasteiger partial charge on any atom is -0.461 e. The number of esters is 1. The van der Waals surface area contributed by atoms with Crippen molar-refractivity contribution in [1.82, 2.24) is 14.5 Å². The Labute approximate surface area is 113 Å². The molecular formula is C13H22N4O2. The third kappa shape index (κ3) is 3.07. The molecule has 1 saturated heterocycles. The van der Waals surface area contributed by atoms with Crippen LogP contribution in [0, 0.1) is 6.92 Å². The van der Waals surface area contributed by atoms with E-state index in [2.05, 4.69) is 9.88 Å². The minimum atomic E-state index is -0.442. The van der Waals surface area contributed by atoms with Crippen molar-refractivity contribution >= 4 is 11.8 Å². The predicted molar refractivity (Wildman–Crippen MR) is 73.0 cm³/mol. The summed E-state index contributed by atoms with van der Waals surface area (Å²) in [5.74, 6) is 0.734. The van der Waals surface area contributed by atoms with Gasteiger partial charge in [-0.2, -0.15) is 0 Å². The van der Waals surface area contributed by atoms with Gasteiger partial charge >= 0.3 is 5.97 Å². The van der Waals surface area contributed by atoms with Gasteiger partial charge in [0.25, 0.3) is 0 Å². The van der Waals surface area contributed by atoms with Gasteiger partial charge in [0.1, 0.15) is 11.6 Å². The van der Waals surface area contributed by atoms with Crippen molar-refractivity contribution in [2.24, 2.45) is 0 Å².